The van der Waals surface area contributed by atoms with Crippen LogP contribution < -0.4 is 10.1 Å². The summed E-state index contributed by atoms with van der Waals surface area (Å²) in [5.41, 5.74) is 0.779. The van der Waals surface area contributed by atoms with Crippen molar-refractivity contribution in [2.24, 2.45) is 0 Å². The van der Waals surface area contributed by atoms with Crippen LogP contribution in [-0.4, -0.2) is 30.3 Å². The number of carbonyl (C=O) groups is 1. The molecule has 0 bridgehead atoms. The van der Waals surface area contributed by atoms with Gasteiger partial charge in [0.15, 0.2) is 5.54 Å². The van der Waals surface area contributed by atoms with E-state index in [1.54, 1.807) is 50.4 Å². The van der Waals surface area contributed by atoms with Gasteiger partial charge in [-0.2, -0.15) is 5.26 Å². The van der Waals surface area contributed by atoms with Crippen molar-refractivity contribution in [1.29, 1.82) is 5.26 Å². The Kier molecular flexibility index (Phi) is 7.48. The number of carbonyl (C=O) groups excluding carboxylic acids is 1. The number of hydrogen-bond donors (Lipinski definition) is 2. The van der Waals surface area contributed by atoms with Crippen LogP contribution in [0.5, 0.6) is 5.75 Å². The number of hydrogen-bond acceptors (Lipinski definition) is 6. The molecule has 0 spiro atoms. The van der Waals surface area contributed by atoms with Crippen LogP contribution in [0, 0.1) is 11.3 Å². The number of nitriles is 1. The zero-order valence-corrected chi connectivity index (χ0v) is 18.1. The number of ether oxygens (including phenoxy) is 2. The topological polar surface area (TPSA) is 91.6 Å². The van der Waals surface area contributed by atoms with E-state index >= 15 is 0 Å². The molecular weight excluding hydrogens is 404 g/mol. The first-order valence-electron chi connectivity index (χ1n) is 10.3. The molecule has 6 nitrogen and oxygen atoms in total. The van der Waals surface area contributed by atoms with E-state index in [9.17, 15) is 9.90 Å². The Hall–Kier alpha value is -3.82. The van der Waals surface area contributed by atoms with Crippen LogP contribution in [-0.2, 0) is 16.0 Å². The molecule has 2 N–H and O–H groups in total. The molecule has 0 fully saturated rings. The number of nitrogens with zero attached hydrogens (tertiary/aromatic N) is 1. The van der Waals surface area contributed by atoms with Gasteiger partial charge in [-0.25, -0.2) is 4.79 Å². The number of nitrogens with one attached hydrogen (secondary N) is 1. The van der Waals surface area contributed by atoms with E-state index in [-0.39, 0.29) is 13.0 Å². The van der Waals surface area contributed by atoms with Crippen molar-refractivity contribution in [2.45, 2.75) is 25.0 Å². The number of benzene rings is 3. The summed E-state index contributed by atoms with van der Waals surface area (Å²) in [4.78, 5) is 13.5. The molecule has 0 heterocycles. The lowest BCUT2D eigenvalue weighted by Crippen LogP contribution is -2.54. The van der Waals surface area contributed by atoms with Crippen LogP contribution >= 0.6 is 0 Å². The predicted octanol–water partition coefficient (Wildman–Crippen LogP) is 4.26. The molecule has 0 saturated carbocycles. The van der Waals surface area contributed by atoms with Crippen LogP contribution in [0.25, 0.3) is 0 Å². The molecule has 32 heavy (non-hydrogen) atoms. The first kappa shape index (κ1) is 22.9. The Balaban J connectivity index is 2.16. The molecule has 2 unspecified atom stereocenters. The molecule has 0 saturated heterocycles. The van der Waals surface area contributed by atoms with Crippen LogP contribution in [0.4, 0.5) is 5.69 Å². The second-order valence-electron chi connectivity index (χ2n) is 7.32. The fourth-order valence-corrected chi connectivity index (χ4v) is 3.63. The SMILES string of the molecule is CCOC(=O)C(Cc1ccccc1)(Nc1ccccc1OC)C(O)c1ccc(C#N)cc1. The van der Waals surface area contributed by atoms with Crippen molar-refractivity contribution < 1.29 is 19.4 Å². The van der Waals surface area contributed by atoms with Crippen LogP contribution in [0.2, 0.25) is 0 Å². The van der Waals surface area contributed by atoms with Gasteiger partial charge in [0, 0.05) is 6.42 Å². The maximum atomic E-state index is 13.5. The maximum Gasteiger partial charge on any atom is 0.335 e. The van der Waals surface area contributed by atoms with E-state index < -0.39 is 17.6 Å². The number of methoxy groups -OCH3 is 1. The van der Waals surface area contributed by atoms with E-state index in [1.165, 1.54) is 0 Å². The van der Waals surface area contributed by atoms with E-state index in [1.807, 2.05) is 42.5 Å². The van der Waals surface area contributed by atoms with Crippen molar-refractivity contribution >= 4 is 11.7 Å². The lowest BCUT2D eigenvalue weighted by molar-refractivity contribution is -0.153. The van der Waals surface area contributed by atoms with Gasteiger partial charge in [-0.3, -0.25) is 0 Å². The minimum Gasteiger partial charge on any atom is -0.495 e. The molecule has 0 aliphatic rings. The average molecular weight is 431 g/mol. The van der Waals surface area contributed by atoms with Crippen molar-refractivity contribution in [3.05, 3.63) is 95.6 Å². The van der Waals surface area contributed by atoms with Gasteiger partial charge in [0.25, 0.3) is 0 Å². The third-order valence-corrected chi connectivity index (χ3v) is 5.25. The fourth-order valence-electron chi connectivity index (χ4n) is 3.63. The van der Waals surface area contributed by atoms with Gasteiger partial charge in [0.05, 0.1) is 31.0 Å². The minimum absolute atomic E-state index is 0.156. The second-order valence-corrected chi connectivity index (χ2v) is 7.32. The monoisotopic (exact) mass is 430 g/mol. The molecule has 2 atom stereocenters. The molecule has 164 valence electrons. The highest BCUT2D eigenvalue weighted by Crippen LogP contribution is 2.37. The first-order valence-corrected chi connectivity index (χ1v) is 10.3. The zero-order valence-electron chi connectivity index (χ0n) is 18.1. The summed E-state index contributed by atoms with van der Waals surface area (Å²) in [6.45, 7) is 1.88. The Morgan fingerprint density at radius 2 is 1.72 bits per heavy atom. The molecule has 3 aromatic carbocycles. The largest absolute Gasteiger partial charge is 0.495 e. The number of para-hydroxylation sites is 2. The summed E-state index contributed by atoms with van der Waals surface area (Å²) < 4.78 is 10.9. The summed E-state index contributed by atoms with van der Waals surface area (Å²) in [7, 11) is 1.54. The van der Waals surface area contributed by atoms with Gasteiger partial charge in [0.1, 0.15) is 11.9 Å². The third-order valence-electron chi connectivity index (χ3n) is 5.25. The van der Waals surface area contributed by atoms with E-state index in [0.29, 0.717) is 22.6 Å². The first-order chi connectivity index (χ1) is 15.5. The molecule has 3 rings (SSSR count). The number of aliphatic hydroxyl groups is 1. The highest BCUT2D eigenvalue weighted by molar-refractivity contribution is 5.87. The number of aliphatic hydroxyl groups excluding tert-OH is 1. The van der Waals surface area contributed by atoms with Gasteiger partial charge in [-0.15, -0.1) is 0 Å². The van der Waals surface area contributed by atoms with E-state index in [2.05, 4.69) is 11.4 Å². The quantitative estimate of drug-likeness (QED) is 0.493. The Morgan fingerprint density at radius 3 is 2.34 bits per heavy atom. The van der Waals surface area contributed by atoms with Gasteiger partial charge < -0.3 is 19.9 Å². The highest BCUT2D eigenvalue weighted by atomic mass is 16.5. The normalized spacial score (nSPS) is 13.3. The summed E-state index contributed by atoms with van der Waals surface area (Å²) in [6.07, 6.45) is -1.12. The van der Waals surface area contributed by atoms with Crippen molar-refractivity contribution in [2.75, 3.05) is 19.0 Å². The standard InChI is InChI=1S/C26H26N2O4/c1-3-32-25(30)26(17-19-9-5-4-6-10-19,28-22-11-7-8-12-23(22)31-2)24(29)21-15-13-20(18-27)14-16-21/h4-16,24,28-29H,3,17H2,1-2H3. The van der Waals surface area contributed by atoms with Gasteiger partial charge in [-0.1, -0.05) is 54.6 Å². The van der Waals surface area contributed by atoms with Gasteiger partial charge in [0.2, 0.25) is 0 Å². The highest BCUT2D eigenvalue weighted by Gasteiger charge is 2.48. The Morgan fingerprint density at radius 1 is 1.06 bits per heavy atom. The number of anilines is 1. The average Bonchev–Trinajstić information content (AvgIpc) is 2.84. The molecule has 0 amide bonds. The van der Waals surface area contributed by atoms with Gasteiger partial charge in [-0.05, 0) is 42.3 Å². The fraction of sp³-hybridized carbons (Fsp3) is 0.231. The number of rotatable bonds is 9. The van der Waals surface area contributed by atoms with Crippen molar-refractivity contribution in [1.82, 2.24) is 0 Å². The summed E-state index contributed by atoms with van der Waals surface area (Å²) in [5.74, 6) is -0.0621. The third kappa shape index (κ3) is 4.90. The van der Waals surface area contributed by atoms with E-state index in [0.717, 1.165) is 5.56 Å². The molecular formula is C26H26N2O4. The molecule has 0 aliphatic carbocycles. The van der Waals surface area contributed by atoms with Crippen LogP contribution in [0.1, 0.15) is 29.7 Å². The van der Waals surface area contributed by atoms with Crippen molar-refractivity contribution in [3.8, 4) is 11.8 Å². The summed E-state index contributed by atoms with van der Waals surface area (Å²) in [5, 5.41) is 24.0. The second kappa shape index (κ2) is 10.5. The van der Waals surface area contributed by atoms with Gasteiger partial charge >= 0.3 is 5.97 Å². The summed E-state index contributed by atoms with van der Waals surface area (Å²) >= 11 is 0. The minimum atomic E-state index is -1.56. The van der Waals surface area contributed by atoms with E-state index in [4.69, 9.17) is 14.7 Å². The Bertz CT molecular complexity index is 1080. The molecule has 0 radical (unpaired) electrons. The molecule has 3 aromatic rings. The number of esters is 1. The van der Waals surface area contributed by atoms with Crippen LogP contribution in [0.15, 0.2) is 78.9 Å². The summed E-state index contributed by atoms with van der Waals surface area (Å²) in [6, 6.07) is 25.2. The smallest absolute Gasteiger partial charge is 0.335 e. The lowest BCUT2D eigenvalue weighted by atomic mass is 9.81. The molecule has 6 heteroatoms. The van der Waals surface area contributed by atoms with Crippen molar-refractivity contribution in [3.63, 3.8) is 0 Å². The lowest BCUT2D eigenvalue weighted by Gasteiger charge is -2.38. The predicted molar refractivity (Wildman–Crippen MR) is 122 cm³/mol. The molecule has 0 aromatic heterocycles. The van der Waals surface area contributed by atoms with Crippen LogP contribution in [0.3, 0.4) is 0 Å². The maximum absolute atomic E-state index is 13.5. The molecule has 0 aliphatic heterocycles. The Labute approximate surface area is 188 Å². The zero-order chi connectivity index (χ0) is 23.0.